The molecule has 0 unspecified atom stereocenters. The Labute approximate surface area is 162 Å². The van der Waals surface area contributed by atoms with Crippen molar-refractivity contribution in [3.63, 3.8) is 0 Å². The minimum Gasteiger partial charge on any atom is -0.481 e. The number of rotatable bonds is 6. The maximum atomic E-state index is 5.99. The number of nitrogens with zero attached hydrogens (tertiary/aromatic N) is 2. The third-order valence-electron chi connectivity index (χ3n) is 4.52. The minimum absolute atomic E-state index is 0.347. The number of hydrogen-bond donors (Lipinski definition) is 1. The molecule has 142 valence electrons. The van der Waals surface area contributed by atoms with Crippen molar-refractivity contribution in [3.8, 4) is 17.2 Å². The highest BCUT2D eigenvalue weighted by molar-refractivity contribution is 5.70. The van der Waals surface area contributed by atoms with E-state index in [1.165, 1.54) is 5.56 Å². The Kier molecular flexibility index (Phi) is 4.85. The van der Waals surface area contributed by atoms with Gasteiger partial charge in [-0.3, -0.25) is 0 Å². The van der Waals surface area contributed by atoms with Crippen LogP contribution in [-0.2, 0) is 12.8 Å². The van der Waals surface area contributed by atoms with E-state index in [9.17, 15) is 0 Å². The van der Waals surface area contributed by atoms with Gasteiger partial charge in [0, 0.05) is 25.0 Å². The number of aromatic nitrogens is 2. The lowest BCUT2D eigenvalue weighted by atomic mass is 10.0. The van der Waals surface area contributed by atoms with E-state index in [1.807, 2.05) is 31.2 Å². The van der Waals surface area contributed by atoms with Gasteiger partial charge in [-0.05, 0) is 36.2 Å². The zero-order chi connectivity index (χ0) is 19.5. The van der Waals surface area contributed by atoms with Crippen LogP contribution in [0.3, 0.4) is 0 Å². The molecule has 3 aromatic heterocycles. The van der Waals surface area contributed by atoms with E-state index in [0.29, 0.717) is 29.4 Å². The summed E-state index contributed by atoms with van der Waals surface area (Å²) in [4.78, 5) is 4.17. The number of pyridine rings is 1. The summed E-state index contributed by atoms with van der Waals surface area (Å²) in [5, 5.41) is 4.16. The van der Waals surface area contributed by atoms with Crippen LogP contribution in [0.1, 0.15) is 28.3 Å². The number of ether oxygens (including phenoxy) is 1. The van der Waals surface area contributed by atoms with Gasteiger partial charge in [-0.1, -0.05) is 29.4 Å². The third-order valence-corrected chi connectivity index (χ3v) is 4.52. The summed E-state index contributed by atoms with van der Waals surface area (Å²) < 4.78 is 16.2. The van der Waals surface area contributed by atoms with E-state index in [4.69, 9.17) is 19.4 Å². The third kappa shape index (κ3) is 3.91. The molecular formula is C22H21N3O3. The fraction of sp³-hybridized carbons (Fsp3) is 0.182. The van der Waals surface area contributed by atoms with Gasteiger partial charge in [0.1, 0.15) is 17.3 Å². The molecule has 0 radical (unpaired) electrons. The molecule has 2 N–H and O–H groups in total. The van der Waals surface area contributed by atoms with Crippen molar-refractivity contribution in [2.45, 2.75) is 19.8 Å². The fourth-order valence-electron chi connectivity index (χ4n) is 3.07. The van der Waals surface area contributed by atoms with Gasteiger partial charge in [-0.2, -0.15) is 4.98 Å². The van der Waals surface area contributed by atoms with Crippen LogP contribution >= 0.6 is 0 Å². The summed E-state index contributed by atoms with van der Waals surface area (Å²) >= 11 is 0. The van der Waals surface area contributed by atoms with Gasteiger partial charge in [0.15, 0.2) is 5.76 Å². The molecule has 0 saturated carbocycles. The molecule has 4 aromatic rings. The number of benzene rings is 1. The lowest BCUT2D eigenvalue weighted by Crippen LogP contribution is -1.96. The molecule has 0 saturated heterocycles. The molecule has 0 fully saturated rings. The molecule has 0 aliphatic heterocycles. The van der Waals surface area contributed by atoms with Crippen molar-refractivity contribution in [1.29, 1.82) is 0 Å². The Balaban J connectivity index is 1.45. The predicted molar refractivity (Wildman–Crippen MR) is 106 cm³/mol. The number of anilines is 1. The summed E-state index contributed by atoms with van der Waals surface area (Å²) in [7, 11) is 1.55. The Bertz CT molecular complexity index is 1080. The van der Waals surface area contributed by atoms with E-state index >= 15 is 0 Å². The van der Waals surface area contributed by atoms with Crippen LogP contribution < -0.4 is 10.5 Å². The second kappa shape index (κ2) is 7.60. The average Bonchev–Trinajstić information content (AvgIpc) is 3.32. The predicted octanol–water partition coefficient (Wildman–Crippen LogP) is 4.41. The molecule has 28 heavy (non-hydrogen) atoms. The van der Waals surface area contributed by atoms with Crippen LogP contribution in [0, 0.1) is 6.92 Å². The van der Waals surface area contributed by atoms with E-state index < -0.39 is 0 Å². The highest BCUT2D eigenvalue weighted by atomic mass is 16.5. The zero-order valence-corrected chi connectivity index (χ0v) is 15.8. The second-order valence-corrected chi connectivity index (χ2v) is 6.65. The SMILES string of the molecule is COc1ccc(-c2cc(Cc3ccc(Cc4ccc(C)o4)cc3)no2)c(N)n1. The number of nitrogens with two attached hydrogens (primary N) is 1. The first-order valence-corrected chi connectivity index (χ1v) is 9.00. The van der Waals surface area contributed by atoms with Crippen LogP contribution in [-0.4, -0.2) is 17.3 Å². The summed E-state index contributed by atoms with van der Waals surface area (Å²) in [6.07, 6.45) is 1.46. The van der Waals surface area contributed by atoms with Crippen molar-refractivity contribution in [2.75, 3.05) is 12.8 Å². The summed E-state index contributed by atoms with van der Waals surface area (Å²) in [6.45, 7) is 1.95. The summed E-state index contributed by atoms with van der Waals surface area (Å²) in [6, 6.07) is 17.9. The number of aryl methyl sites for hydroxylation is 1. The van der Waals surface area contributed by atoms with Crippen LogP contribution in [0.5, 0.6) is 5.88 Å². The van der Waals surface area contributed by atoms with Gasteiger partial charge >= 0.3 is 0 Å². The lowest BCUT2D eigenvalue weighted by Gasteiger charge is -2.03. The second-order valence-electron chi connectivity index (χ2n) is 6.65. The number of nitrogen functional groups attached to an aromatic ring is 1. The monoisotopic (exact) mass is 375 g/mol. The van der Waals surface area contributed by atoms with Gasteiger partial charge in [0.2, 0.25) is 5.88 Å². The standard InChI is InChI=1S/C22H21N3O3/c1-14-3-8-18(27-14)12-16-6-4-15(5-7-16)11-17-13-20(28-25-17)19-9-10-21(26-2)24-22(19)23/h3-10,13H,11-12H2,1-2H3,(H2,23,24). The summed E-state index contributed by atoms with van der Waals surface area (Å²) in [5.74, 6) is 3.30. The molecule has 4 rings (SSSR count). The lowest BCUT2D eigenvalue weighted by molar-refractivity contribution is 0.398. The average molecular weight is 375 g/mol. The molecule has 0 bridgehead atoms. The molecule has 0 aliphatic rings. The van der Waals surface area contributed by atoms with Crippen molar-refractivity contribution < 1.29 is 13.7 Å². The Morgan fingerprint density at radius 2 is 1.71 bits per heavy atom. The Hall–Kier alpha value is -3.54. The number of furan rings is 1. The minimum atomic E-state index is 0.347. The molecule has 6 heteroatoms. The first-order valence-electron chi connectivity index (χ1n) is 9.00. The summed E-state index contributed by atoms with van der Waals surface area (Å²) in [5.41, 5.74) is 9.87. The maximum absolute atomic E-state index is 5.99. The number of hydrogen-bond acceptors (Lipinski definition) is 6. The Morgan fingerprint density at radius 1 is 0.964 bits per heavy atom. The van der Waals surface area contributed by atoms with Crippen LogP contribution in [0.25, 0.3) is 11.3 Å². The van der Waals surface area contributed by atoms with Gasteiger partial charge in [-0.25, -0.2) is 0 Å². The highest BCUT2D eigenvalue weighted by Gasteiger charge is 2.12. The van der Waals surface area contributed by atoms with Gasteiger partial charge < -0.3 is 19.4 Å². The number of methoxy groups -OCH3 is 1. The highest BCUT2D eigenvalue weighted by Crippen LogP contribution is 2.27. The van der Waals surface area contributed by atoms with Crippen molar-refractivity contribution in [3.05, 3.63) is 82.9 Å². The molecule has 0 atom stereocenters. The van der Waals surface area contributed by atoms with Crippen LogP contribution in [0.2, 0.25) is 0 Å². The maximum Gasteiger partial charge on any atom is 0.214 e. The van der Waals surface area contributed by atoms with Gasteiger partial charge in [-0.15, -0.1) is 0 Å². The molecule has 1 aromatic carbocycles. The van der Waals surface area contributed by atoms with Crippen molar-refractivity contribution >= 4 is 5.82 Å². The van der Waals surface area contributed by atoms with Gasteiger partial charge in [0.25, 0.3) is 0 Å². The van der Waals surface area contributed by atoms with E-state index in [1.54, 1.807) is 13.2 Å². The molecule has 0 spiro atoms. The Morgan fingerprint density at radius 3 is 2.36 bits per heavy atom. The normalized spacial score (nSPS) is 10.9. The molecule has 6 nitrogen and oxygen atoms in total. The quantitative estimate of drug-likeness (QED) is 0.537. The van der Waals surface area contributed by atoms with E-state index in [-0.39, 0.29) is 0 Å². The molecule has 3 heterocycles. The molecular weight excluding hydrogens is 354 g/mol. The first kappa shape index (κ1) is 17.9. The van der Waals surface area contributed by atoms with E-state index in [2.05, 4.69) is 34.4 Å². The van der Waals surface area contributed by atoms with Crippen LogP contribution in [0.4, 0.5) is 5.82 Å². The topological polar surface area (TPSA) is 87.3 Å². The molecule has 0 amide bonds. The molecule has 0 aliphatic carbocycles. The van der Waals surface area contributed by atoms with E-state index in [0.717, 1.165) is 29.2 Å². The van der Waals surface area contributed by atoms with Crippen molar-refractivity contribution in [1.82, 2.24) is 10.1 Å². The van der Waals surface area contributed by atoms with Crippen molar-refractivity contribution in [2.24, 2.45) is 0 Å². The van der Waals surface area contributed by atoms with Gasteiger partial charge in [0.05, 0.1) is 18.4 Å². The van der Waals surface area contributed by atoms with Crippen LogP contribution in [0.15, 0.2) is 63.5 Å². The smallest absolute Gasteiger partial charge is 0.214 e. The largest absolute Gasteiger partial charge is 0.481 e. The fourth-order valence-corrected chi connectivity index (χ4v) is 3.07. The first-order chi connectivity index (χ1) is 13.6. The zero-order valence-electron chi connectivity index (χ0n) is 15.8.